The number of rotatable bonds is 2. The van der Waals surface area contributed by atoms with Gasteiger partial charge in [0, 0.05) is 10.4 Å². The maximum absolute atomic E-state index is 12.8. The summed E-state index contributed by atoms with van der Waals surface area (Å²) in [6.45, 7) is 0. The smallest absolute Gasteiger partial charge is 0.141 e. The molecule has 0 aliphatic carbocycles. The molecule has 0 aliphatic heterocycles. The zero-order valence-corrected chi connectivity index (χ0v) is 10.6. The lowest BCUT2D eigenvalue weighted by molar-refractivity contribution is 0.519. The van der Waals surface area contributed by atoms with Gasteiger partial charge in [0.2, 0.25) is 0 Å². The Morgan fingerprint density at radius 2 is 2.05 bits per heavy atom. The lowest BCUT2D eigenvalue weighted by Crippen LogP contribution is -2.12. The molecule has 2 heterocycles. The predicted molar refractivity (Wildman–Crippen MR) is 71.4 cm³/mol. The van der Waals surface area contributed by atoms with Crippen molar-refractivity contribution in [2.24, 2.45) is 5.73 Å². The summed E-state index contributed by atoms with van der Waals surface area (Å²) in [6, 6.07) is 9.48. The predicted octanol–water partition coefficient (Wildman–Crippen LogP) is 3.67. The summed E-state index contributed by atoms with van der Waals surface area (Å²) in [5.74, 6) is 0.170. The topological polar surface area (TPSA) is 52.0 Å². The first-order valence-electron chi connectivity index (χ1n) is 5.69. The van der Waals surface area contributed by atoms with Crippen LogP contribution in [0.1, 0.15) is 17.5 Å². The number of halogens is 2. The van der Waals surface area contributed by atoms with Crippen LogP contribution in [0.4, 0.5) is 4.39 Å². The molecular formula is C14H10ClFN2O. The Labute approximate surface area is 113 Å². The third-order valence-corrected chi connectivity index (χ3v) is 3.11. The molecule has 1 unspecified atom stereocenters. The molecule has 0 radical (unpaired) electrons. The normalized spacial score (nSPS) is 12.8. The Morgan fingerprint density at radius 3 is 2.79 bits per heavy atom. The number of pyridine rings is 1. The van der Waals surface area contributed by atoms with Gasteiger partial charge in [-0.1, -0.05) is 11.6 Å². The van der Waals surface area contributed by atoms with Crippen LogP contribution in [-0.4, -0.2) is 4.98 Å². The lowest BCUT2D eigenvalue weighted by atomic mass is 10.1. The third-order valence-electron chi connectivity index (χ3n) is 2.87. The van der Waals surface area contributed by atoms with Crippen molar-refractivity contribution in [3.63, 3.8) is 0 Å². The maximum Gasteiger partial charge on any atom is 0.141 e. The molecule has 0 aliphatic rings. The summed E-state index contributed by atoms with van der Waals surface area (Å²) in [5, 5.41) is 1.51. The molecule has 96 valence electrons. The molecule has 3 aromatic rings. The molecule has 0 saturated carbocycles. The second-order valence-corrected chi connectivity index (χ2v) is 4.65. The molecule has 2 aromatic heterocycles. The average Bonchev–Trinajstić information content (AvgIpc) is 2.81. The highest BCUT2D eigenvalue weighted by molar-refractivity contribution is 6.31. The summed E-state index contributed by atoms with van der Waals surface area (Å²) < 4.78 is 18.5. The number of furan rings is 1. The van der Waals surface area contributed by atoms with E-state index in [2.05, 4.69) is 4.98 Å². The van der Waals surface area contributed by atoms with Gasteiger partial charge in [0.25, 0.3) is 0 Å². The van der Waals surface area contributed by atoms with Gasteiger partial charge < -0.3 is 10.2 Å². The molecule has 1 aromatic carbocycles. The quantitative estimate of drug-likeness (QED) is 0.777. The second-order valence-electron chi connectivity index (χ2n) is 4.21. The average molecular weight is 277 g/mol. The standard InChI is InChI=1S/C14H10ClFN2O/c15-9-1-4-12-8(5-9)6-13(19-12)14(17)11-3-2-10(16)7-18-11/h1-7,14H,17H2. The van der Waals surface area contributed by atoms with Gasteiger partial charge >= 0.3 is 0 Å². The monoisotopic (exact) mass is 276 g/mol. The number of aromatic nitrogens is 1. The van der Waals surface area contributed by atoms with Gasteiger partial charge in [0.05, 0.1) is 11.9 Å². The molecule has 1 atom stereocenters. The van der Waals surface area contributed by atoms with Crippen LogP contribution in [0.25, 0.3) is 11.0 Å². The van der Waals surface area contributed by atoms with Crippen LogP contribution >= 0.6 is 11.6 Å². The molecule has 0 spiro atoms. The maximum atomic E-state index is 12.8. The molecular weight excluding hydrogens is 267 g/mol. The van der Waals surface area contributed by atoms with Gasteiger partial charge in [-0.25, -0.2) is 4.39 Å². The van der Waals surface area contributed by atoms with Crippen molar-refractivity contribution in [2.75, 3.05) is 0 Å². The fourth-order valence-electron chi connectivity index (χ4n) is 1.90. The van der Waals surface area contributed by atoms with Crippen molar-refractivity contribution in [2.45, 2.75) is 6.04 Å². The number of benzene rings is 1. The molecule has 0 fully saturated rings. The molecule has 0 amide bonds. The Balaban J connectivity index is 2.01. The van der Waals surface area contributed by atoms with E-state index < -0.39 is 11.9 Å². The summed E-state index contributed by atoms with van der Waals surface area (Å²) in [5.41, 5.74) is 7.31. The Hall–Kier alpha value is -1.91. The fraction of sp³-hybridized carbons (Fsp3) is 0.0714. The van der Waals surface area contributed by atoms with Crippen LogP contribution in [0.15, 0.2) is 47.0 Å². The zero-order chi connectivity index (χ0) is 13.4. The summed E-state index contributed by atoms with van der Waals surface area (Å²) in [4.78, 5) is 3.96. The van der Waals surface area contributed by atoms with Crippen LogP contribution in [0.5, 0.6) is 0 Å². The van der Waals surface area contributed by atoms with E-state index in [0.717, 1.165) is 11.6 Å². The van der Waals surface area contributed by atoms with Crippen molar-refractivity contribution in [3.8, 4) is 0 Å². The van der Waals surface area contributed by atoms with Gasteiger partial charge in [-0.3, -0.25) is 4.98 Å². The van der Waals surface area contributed by atoms with Crippen LogP contribution in [0, 0.1) is 5.82 Å². The summed E-state index contributed by atoms with van der Waals surface area (Å²) >= 11 is 5.91. The molecule has 0 saturated heterocycles. The van der Waals surface area contributed by atoms with Gasteiger partial charge in [0.1, 0.15) is 23.2 Å². The molecule has 19 heavy (non-hydrogen) atoms. The van der Waals surface area contributed by atoms with Crippen LogP contribution in [0.3, 0.4) is 0 Å². The van der Waals surface area contributed by atoms with Crippen LogP contribution < -0.4 is 5.73 Å². The van der Waals surface area contributed by atoms with Gasteiger partial charge in [0.15, 0.2) is 0 Å². The van der Waals surface area contributed by atoms with E-state index in [1.165, 1.54) is 6.07 Å². The van der Waals surface area contributed by atoms with Crippen molar-refractivity contribution in [3.05, 3.63) is 64.9 Å². The van der Waals surface area contributed by atoms with E-state index in [4.69, 9.17) is 21.8 Å². The van der Waals surface area contributed by atoms with Crippen LogP contribution in [-0.2, 0) is 0 Å². The van der Waals surface area contributed by atoms with E-state index in [0.29, 0.717) is 22.1 Å². The Kier molecular flexibility index (Phi) is 2.97. The SMILES string of the molecule is NC(c1ccc(F)cn1)c1cc2cc(Cl)ccc2o1. The zero-order valence-electron chi connectivity index (χ0n) is 9.81. The third kappa shape index (κ3) is 2.32. The summed E-state index contributed by atoms with van der Waals surface area (Å²) in [7, 11) is 0. The number of hydrogen-bond acceptors (Lipinski definition) is 3. The van der Waals surface area contributed by atoms with Crippen molar-refractivity contribution >= 4 is 22.6 Å². The van der Waals surface area contributed by atoms with E-state index >= 15 is 0 Å². The van der Waals surface area contributed by atoms with Gasteiger partial charge in [-0.05, 0) is 36.4 Å². The number of fused-ring (bicyclic) bond motifs is 1. The first-order chi connectivity index (χ1) is 9.13. The molecule has 2 N–H and O–H groups in total. The lowest BCUT2D eigenvalue weighted by Gasteiger charge is -2.07. The summed E-state index contributed by atoms with van der Waals surface area (Å²) in [6.07, 6.45) is 1.13. The minimum Gasteiger partial charge on any atom is -0.459 e. The number of nitrogens with zero attached hydrogens (tertiary/aromatic N) is 1. The van der Waals surface area contributed by atoms with Gasteiger partial charge in [-0.2, -0.15) is 0 Å². The van der Waals surface area contributed by atoms with E-state index in [1.54, 1.807) is 24.3 Å². The van der Waals surface area contributed by atoms with E-state index in [-0.39, 0.29) is 0 Å². The largest absolute Gasteiger partial charge is 0.459 e. The Bertz CT molecular complexity index is 724. The van der Waals surface area contributed by atoms with Crippen molar-refractivity contribution in [1.82, 2.24) is 4.98 Å². The molecule has 0 bridgehead atoms. The van der Waals surface area contributed by atoms with Crippen LogP contribution in [0.2, 0.25) is 5.02 Å². The first kappa shape index (κ1) is 12.1. The first-order valence-corrected chi connectivity index (χ1v) is 6.07. The van der Waals surface area contributed by atoms with Gasteiger partial charge in [-0.15, -0.1) is 0 Å². The minimum absolute atomic E-state index is 0.396. The molecule has 3 rings (SSSR count). The highest BCUT2D eigenvalue weighted by Crippen LogP contribution is 2.27. The van der Waals surface area contributed by atoms with E-state index in [9.17, 15) is 4.39 Å². The Morgan fingerprint density at radius 1 is 1.21 bits per heavy atom. The number of nitrogens with two attached hydrogens (primary N) is 1. The minimum atomic E-state index is -0.535. The van der Waals surface area contributed by atoms with Crippen molar-refractivity contribution < 1.29 is 8.81 Å². The second kappa shape index (κ2) is 4.64. The van der Waals surface area contributed by atoms with Crippen molar-refractivity contribution in [1.29, 1.82) is 0 Å². The fourth-order valence-corrected chi connectivity index (χ4v) is 2.09. The molecule has 5 heteroatoms. The van der Waals surface area contributed by atoms with E-state index in [1.807, 2.05) is 6.07 Å². The highest BCUT2D eigenvalue weighted by atomic mass is 35.5. The number of hydrogen-bond donors (Lipinski definition) is 1. The molecule has 3 nitrogen and oxygen atoms in total. The highest BCUT2D eigenvalue weighted by Gasteiger charge is 2.15.